The van der Waals surface area contributed by atoms with Crippen molar-refractivity contribution in [3.63, 3.8) is 0 Å². The first-order valence-corrected chi connectivity index (χ1v) is 11.7. The Labute approximate surface area is 218 Å². The van der Waals surface area contributed by atoms with E-state index in [-0.39, 0.29) is 10.2 Å². The van der Waals surface area contributed by atoms with E-state index in [4.69, 9.17) is 0 Å². The van der Waals surface area contributed by atoms with Crippen molar-refractivity contribution in [2.75, 3.05) is 28.3 Å². The van der Waals surface area contributed by atoms with Crippen molar-refractivity contribution in [3.8, 4) is 5.82 Å². The number of benzene rings is 2. The molecule has 2 heterocycles. The number of nitrogens with zero attached hydrogens (tertiary/aromatic N) is 4. The number of nitrogens with one attached hydrogen (secondary N) is 4. The Morgan fingerprint density at radius 1 is 0.973 bits per heavy atom. The highest BCUT2D eigenvalue weighted by Gasteiger charge is 2.33. The van der Waals surface area contributed by atoms with Crippen LogP contribution in [0.4, 0.5) is 46.7 Å². The largest absolute Gasteiger partial charge is 0.417 e. The second kappa shape index (κ2) is 10.5. The summed E-state index contributed by atoms with van der Waals surface area (Å²) in [5, 5.41) is 15.9. The summed E-state index contributed by atoms with van der Waals surface area (Å²) in [5.41, 5.74) is 1.88. The van der Waals surface area contributed by atoms with Gasteiger partial charge in [0.25, 0.3) is 0 Å². The minimum absolute atomic E-state index is 0.00338. The predicted octanol–water partition coefficient (Wildman–Crippen LogP) is 6.49. The number of carbonyl (C=O) groups is 1. The topological polar surface area (TPSA) is 109 Å². The van der Waals surface area contributed by atoms with Crippen LogP contribution < -0.4 is 21.3 Å². The first-order chi connectivity index (χ1) is 17.5. The zero-order valence-electron chi connectivity index (χ0n) is 19.9. The summed E-state index contributed by atoms with van der Waals surface area (Å²) in [6.45, 7) is 3.74. The van der Waals surface area contributed by atoms with Crippen LogP contribution in [-0.4, -0.2) is 32.8 Å². The molecule has 4 aromatic rings. The number of halogens is 4. The third-order valence-electron chi connectivity index (χ3n) is 5.25. The van der Waals surface area contributed by atoms with E-state index < -0.39 is 17.8 Å². The van der Waals surface area contributed by atoms with E-state index in [1.807, 2.05) is 19.9 Å². The molecule has 0 saturated carbocycles. The normalized spacial score (nSPS) is 11.2. The number of amides is 2. The first-order valence-electron chi connectivity index (χ1n) is 10.9. The van der Waals surface area contributed by atoms with Gasteiger partial charge in [0.05, 0.1) is 11.3 Å². The Bertz CT molecular complexity index is 1450. The molecular weight excluding hydrogens is 553 g/mol. The average molecular weight is 575 g/mol. The summed E-state index contributed by atoms with van der Waals surface area (Å²) >= 11 is 2.89. The highest BCUT2D eigenvalue weighted by atomic mass is 79.9. The van der Waals surface area contributed by atoms with Crippen LogP contribution in [0.1, 0.15) is 16.8 Å². The summed E-state index contributed by atoms with van der Waals surface area (Å²) in [5.74, 6) is 1.82. The van der Waals surface area contributed by atoms with Crippen molar-refractivity contribution in [2.24, 2.45) is 0 Å². The molecule has 2 aromatic heterocycles. The molecule has 0 atom stereocenters. The molecule has 0 unspecified atom stereocenters. The summed E-state index contributed by atoms with van der Waals surface area (Å²) in [6, 6.07) is 11.6. The second-order valence-corrected chi connectivity index (χ2v) is 8.87. The maximum absolute atomic E-state index is 13.2. The highest BCUT2D eigenvalue weighted by Crippen LogP contribution is 2.36. The van der Waals surface area contributed by atoms with Gasteiger partial charge >= 0.3 is 12.2 Å². The molecule has 0 aliphatic carbocycles. The Morgan fingerprint density at radius 3 is 2.38 bits per heavy atom. The number of aromatic nitrogens is 4. The van der Waals surface area contributed by atoms with Gasteiger partial charge in [-0.05, 0) is 49.7 Å². The number of hydrogen-bond donors (Lipinski definition) is 4. The van der Waals surface area contributed by atoms with Crippen molar-refractivity contribution in [2.45, 2.75) is 20.0 Å². The fourth-order valence-corrected chi connectivity index (χ4v) is 3.92. The number of aryl methyl sites for hydroxylation is 2. The van der Waals surface area contributed by atoms with Gasteiger partial charge in [0.1, 0.15) is 18.0 Å². The van der Waals surface area contributed by atoms with Crippen LogP contribution in [0.5, 0.6) is 0 Å². The number of urea groups is 1. The molecule has 0 fully saturated rings. The van der Waals surface area contributed by atoms with Crippen LogP contribution in [0, 0.1) is 13.8 Å². The van der Waals surface area contributed by atoms with E-state index in [0.29, 0.717) is 28.8 Å². The number of rotatable bonds is 6. The summed E-state index contributed by atoms with van der Waals surface area (Å²) in [7, 11) is 1.75. The smallest absolute Gasteiger partial charge is 0.373 e. The fourth-order valence-electron chi connectivity index (χ4n) is 3.45. The zero-order chi connectivity index (χ0) is 26.7. The number of carbonyl (C=O) groups excluding carboxylic acids is 1. The highest BCUT2D eigenvalue weighted by molar-refractivity contribution is 9.10. The SMILES string of the molecule is CNc1cc(-n2nc(C)cc2Nc2cc(NC(=O)Nc3ccc(Br)c(C(F)(F)F)c3)ccc2C)ncn1. The van der Waals surface area contributed by atoms with Crippen molar-refractivity contribution >= 4 is 50.7 Å². The van der Waals surface area contributed by atoms with E-state index in [9.17, 15) is 18.0 Å². The van der Waals surface area contributed by atoms with E-state index in [0.717, 1.165) is 17.3 Å². The molecule has 4 rings (SSSR count). The number of anilines is 5. The molecule has 0 radical (unpaired) electrons. The molecule has 0 saturated heterocycles. The van der Waals surface area contributed by atoms with Gasteiger partial charge in [0.15, 0.2) is 5.82 Å². The standard InChI is InChI=1S/C24H22BrF3N8O/c1-13-4-5-16(33-23(37)32-15-6-7-18(25)17(9-15)24(26,27)28)10-19(13)34-22-8-14(2)35-36(22)21-11-20(29-3)30-12-31-21/h4-12,34H,1-3H3,(H,29,30,31)(H2,32,33,37). The van der Waals surface area contributed by atoms with Gasteiger partial charge in [-0.2, -0.15) is 23.0 Å². The summed E-state index contributed by atoms with van der Waals surface area (Å²) in [4.78, 5) is 20.9. The first kappa shape index (κ1) is 25.9. The third kappa shape index (κ3) is 6.17. The lowest BCUT2D eigenvalue weighted by molar-refractivity contribution is -0.138. The maximum atomic E-state index is 13.2. The monoisotopic (exact) mass is 574 g/mol. The lowest BCUT2D eigenvalue weighted by atomic mass is 10.1. The molecule has 37 heavy (non-hydrogen) atoms. The summed E-state index contributed by atoms with van der Waals surface area (Å²) in [6.07, 6.45) is -3.13. The lowest BCUT2D eigenvalue weighted by Gasteiger charge is -2.15. The van der Waals surface area contributed by atoms with E-state index >= 15 is 0 Å². The Balaban J connectivity index is 1.53. The van der Waals surface area contributed by atoms with Crippen LogP contribution in [0.2, 0.25) is 0 Å². The quantitative estimate of drug-likeness (QED) is 0.209. The van der Waals surface area contributed by atoms with Gasteiger partial charge in [-0.3, -0.25) is 0 Å². The molecule has 0 aliphatic rings. The maximum Gasteiger partial charge on any atom is 0.417 e. The number of alkyl halides is 3. The van der Waals surface area contributed by atoms with Crippen molar-refractivity contribution < 1.29 is 18.0 Å². The van der Waals surface area contributed by atoms with Gasteiger partial charge in [0, 0.05) is 40.7 Å². The molecule has 2 aromatic carbocycles. The predicted molar refractivity (Wildman–Crippen MR) is 140 cm³/mol. The third-order valence-corrected chi connectivity index (χ3v) is 5.94. The lowest BCUT2D eigenvalue weighted by Crippen LogP contribution is -2.20. The minimum atomic E-state index is -4.56. The molecule has 13 heteroatoms. The Kier molecular flexibility index (Phi) is 7.34. The van der Waals surface area contributed by atoms with Crippen LogP contribution in [0.25, 0.3) is 5.82 Å². The van der Waals surface area contributed by atoms with Crippen LogP contribution in [0.3, 0.4) is 0 Å². The van der Waals surface area contributed by atoms with Crippen LogP contribution in [0.15, 0.2) is 59.3 Å². The molecule has 192 valence electrons. The van der Waals surface area contributed by atoms with E-state index in [2.05, 4.69) is 52.3 Å². The van der Waals surface area contributed by atoms with Gasteiger partial charge in [-0.1, -0.05) is 22.0 Å². The molecule has 0 aliphatic heterocycles. The Hall–Kier alpha value is -4.13. The second-order valence-electron chi connectivity index (χ2n) is 8.02. The number of hydrogen-bond acceptors (Lipinski definition) is 6. The molecule has 2 amide bonds. The van der Waals surface area contributed by atoms with Gasteiger partial charge < -0.3 is 21.3 Å². The van der Waals surface area contributed by atoms with E-state index in [1.54, 1.807) is 36.0 Å². The average Bonchev–Trinajstić information content (AvgIpc) is 3.21. The van der Waals surface area contributed by atoms with Gasteiger partial charge in [-0.25, -0.2) is 14.8 Å². The van der Waals surface area contributed by atoms with Crippen molar-refractivity contribution in [1.82, 2.24) is 19.7 Å². The molecular formula is C24H22BrF3N8O. The van der Waals surface area contributed by atoms with Crippen molar-refractivity contribution in [1.29, 1.82) is 0 Å². The van der Waals surface area contributed by atoms with E-state index in [1.165, 1.54) is 18.5 Å². The van der Waals surface area contributed by atoms with Crippen molar-refractivity contribution in [3.05, 3.63) is 76.2 Å². The zero-order valence-corrected chi connectivity index (χ0v) is 21.5. The fraction of sp³-hybridized carbons (Fsp3) is 0.167. The molecule has 9 nitrogen and oxygen atoms in total. The Morgan fingerprint density at radius 2 is 1.68 bits per heavy atom. The minimum Gasteiger partial charge on any atom is -0.373 e. The summed E-state index contributed by atoms with van der Waals surface area (Å²) < 4.78 is 41.0. The molecule has 0 spiro atoms. The van der Waals surface area contributed by atoms with Gasteiger partial charge in [-0.15, -0.1) is 0 Å². The molecule has 0 bridgehead atoms. The molecule has 4 N–H and O–H groups in total. The van der Waals surface area contributed by atoms with Gasteiger partial charge in [0.2, 0.25) is 0 Å². The van der Waals surface area contributed by atoms with Crippen LogP contribution >= 0.6 is 15.9 Å². The van der Waals surface area contributed by atoms with Crippen LogP contribution in [-0.2, 0) is 6.18 Å².